The molecule has 4 unspecified atom stereocenters. The van der Waals surface area contributed by atoms with Crippen LogP contribution < -0.4 is 22.1 Å². The lowest BCUT2D eigenvalue weighted by Crippen LogP contribution is -2.51. The second kappa shape index (κ2) is 11.8. The predicted octanol–water partition coefficient (Wildman–Crippen LogP) is -2.03. The van der Waals surface area contributed by atoms with E-state index >= 15 is 0 Å². The Morgan fingerprint density at radius 1 is 1.19 bits per heavy atom. The minimum absolute atomic E-state index is 0.0135. The second-order valence-electron chi connectivity index (χ2n) is 5.50. The zero-order chi connectivity index (χ0) is 21.1. The van der Waals surface area contributed by atoms with E-state index in [1.54, 1.807) is 6.92 Å². The highest BCUT2D eigenvalue weighted by Crippen LogP contribution is 2.12. The zero-order valence-corrected chi connectivity index (χ0v) is 15.2. The maximum atomic E-state index is 11.5. The van der Waals surface area contributed by atoms with Crippen LogP contribution in [0.4, 0.5) is 4.79 Å². The quantitative estimate of drug-likeness (QED) is 0.257. The van der Waals surface area contributed by atoms with Crippen molar-refractivity contribution < 1.29 is 34.1 Å². The first-order valence-corrected chi connectivity index (χ1v) is 7.99. The molecule has 13 heteroatoms. The number of aliphatic hydroxyl groups excluding tert-OH is 2. The fraction of sp³-hybridized carbons (Fsp3) is 0.643. The topological polar surface area (TPSA) is 227 Å². The van der Waals surface area contributed by atoms with Crippen molar-refractivity contribution in [2.45, 2.75) is 58.0 Å². The Hall–Kier alpha value is -2.77. The molecule has 0 aliphatic rings. The van der Waals surface area contributed by atoms with Crippen molar-refractivity contribution in [1.29, 1.82) is 0 Å². The van der Waals surface area contributed by atoms with Crippen LogP contribution in [0.25, 0.3) is 0 Å². The summed E-state index contributed by atoms with van der Waals surface area (Å²) in [4.78, 5) is 31.9. The van der Waals surface area contributed by atoms with Crippen LogP contribution in [-0.2, 0) is 16.1 Å². The number of carbonyl (C=O) groups excluding carboxylic acids is 2. The van der Waals surface area contributed by atoms with Gasteiger partial charge in [0, 0.05) is 6.42 Å². The maximum absolute atomic E-state index is 11.5. The summed E-state index contributed by atoms with van der Waals surface area (Å²) in [5, 5.41) is 39.0. The summed E-state index contributed by atoms with van der Waals surface area (Å²) in [5.41, 5.74) is 10.3. The molecule has 0 aliphatic carbocycles. The van der Waals surface area contributed by atoms with Crippen LogP contribution in [-0.4, -0.2) is 61.7 Å². The summed E-state index contributed by atoms with van der Waals surface area (Å²) in [6.07, 6.45) is -1.70. The Morgan fingerprint density at radius 2 is 1.74 bits per heavy atom. The largest absolute Gasteiger partial charge is 0.480 e. The Bertz CT molecular complexity index is 619. The molecule has 0 saturated carbocycles. The SMILES string of the molecule is CC(O)C(NC(=O)NCc1nnc(C(N)C(C)O)o1)C(=O)O.CCC(N)=O. The van der Waals surface area contributed by atoms with Crippen LogP contribution in [0.15, 0.2) is 4.42 Å². The molecule has 3 amide bonds. The number of carboxylic acids is 1. The van der Waals surface area contributed by atoms with Gasteiger partial charge in [-0.25, -0.2) is 9.59 Å². The highest BCUT2D eigenvalue weighted by atomic mass is 16.4. The van der Waals surface area contributed by atoms with Crippen molar-refractivity contribution in [2.75, 3.05) is 0 Å². The average Bonchev–Trinajstić information content (AvgIpc) is 3.05. The molecule has 1 aromatic rings. The van der Waals surface area contributed by atoms with E-state index < -0.39 is 36.3 Å². The van der Waals surface area contributed by atoms with E-state index in [4.69, 9.17) is 15.3 Å². The van der Waals surface area contributed by atoms with Crippen LogP contribution in [0, 0.1) is 0 Å². The molecule has 0 fully saturated rings. The summed E-state index contributed by atoms with van der Waals surface area (Å²) in [5.74, 6) is -1.57. The van der Waals surface area contributed by atoms with Gasteiger partial charge in [0.05, 0.1) is 18.8 Å². The van der Waals surface area contributed by atoms with Crippen molar-refractivity contribution in [3.05, 3.63) is 11.8 Å². The number of aliphatic hydroxyl groups is 2. The molecule has 0 radical (unpaired) electrons. The van der Waals surface area contributed by atoms with Gasteiger partial charge in [0.25, 0.3) is 0 Å². The number of primary amides is 1. The van der Waals surface area contributed by atoms with Crippen LogP contribution in [0.1, 0.15) is 45.0 Å². The van der Waals surface area contributed by atoms with E-state index in [1.165, 1.54) is 13.8 Å². The van der Waals surface area contributed by atoms with Gasteiger partial charge in [-0.15, -0.1) is 10.2 Å². The third-order valence-electron chi connectivity index (χ3n) is 3.07. The summed E-state index contributed by atoms with van der Waals surface area (Å²) in [7, 11) is 0. The number of nitrogens with zero attached hydrogens (tertiary/aromatic N) is 2. The molecule has 4 atom stereocenters. The molecule has 1 heterocycles. The maximum Gasteiger partial charge on any atom is 0.328 e. The van der Waals surface area contributed by atoms with Crippen LogP contribution >= 0.6 is 0 Å². The average molecular weight is 390 g/mol. The van der Waals surface area contributed by atoms with Gasteiger partial charge in [-0.3, -0.25) is 4.79 Å². The fourth-order valence-electron chi connectivity index (χ4n) is 1.42. The molecular weight excluding hydrogens is 364 g/mol. The monoisotopic (exact) mass is 390 g/mol. The highest BCUT2D eigenvalue weighted by Gasteiger charge is 2.25. The molecule has 0 bridgehead atoms. The smallest absolute Gasteiger partial charge is 0.328 e. The van der Waals surface area contributed by atoms with E-state index in [0.29, 0.717) is 6.42 Å². The number of amides is 3. The number of carbonyl (C=O) groups is 3. The number of hydrogen-bond donors (Lipinski definition) is 7. The van der Waals surface area contributed by atoms with Gasteiger partial charge in [0.1, 0.15) is 6.04 Å². The normalized spacial score (nSPS) is 14.7. The van der Waals surface area contributed by atoms with Crippen LogP contribution in [0.3, 0.4) is 0 Å². The molecule has 1 rings (SSSR count). The van der Waals surface area contributed by atoms with Gasteiger partial charge in [0.2, 0.25) is 17.7 Å². The van der Waals surface area contributed by atoms with Crippen molar-refractivity contribution in [1.82, 2.24) is 20.8 Å². The van der Waals surface area contributed by atoms with Crippen molar-refractivity contribution >= 4 is 17.9 Å². The standard InChI is InChI=1S/C11H19N5O6.C3H7NO/c1-4(17)7(12)9-16-15-6(22-9)3-13-11(21)14-8(5(2)18)10(19)20;1-2-3(4)5/h4-5,7-8,17-18H,3,12H2,1-2H3,(H,19,20)(H2,13,14,21);2H2,1H3,(H2,4,5). The summed E-state index contributed by atoms with van der Waals surface area (Å²) in [6, 6.07) is -3.11. The van der Waals surface area contributed by atoms with E-state index in [2.05, 4.69) is 26.6 Å². The van der Waals surface area contributed by atoms with E-state index in [9.17, 15) is 24.6 Å². The number of aromatic nitrogens is 2. The number of nitrogens with two attached hydrogens (primary N) is 2. The number of urea groups is 1. The zero-order valence-electron chi connectivity index (χ0n) is 15.2. The van der Waals surface area contributed by atoms with Gasteiger partial charge in [-0.05, 0) is 13.8 Å². The van der Waals surface area contributed by atoms with Gasteiger partial charge in [-0.1, -0.05) is 6.92 Å². The number of aliphatic carboxylic acids is 1. The lowest BCUT2D eigenvalue weighted by Gasteiger charge is -2.16. The predicted molar refractivity (Wildman–Crippen MR) is 90.9 cm³/mol. The Kier molecular flexibility index (Phi) is 10.6. The number of rotatable bonds is 8. The van der Waals surface area contributed by atoms with Crippen molar-refractivity contribution in [3.63, 3.8) is 0 Å². The third kappa shape index (κ3) is 9.48. The molecule has 154 valence electrons. The molecule has 1 aromatic heterocycles. The number of hydrogen-bond acceptors (Lipinski definition) is 9. The van der Waals surface area contributed by atoms with Crippen LogP contribution in [0.2, 0.25) is 0 Å². The Labute approximate surface area is 155 Å². The molecule has 0 saturated heterocycles. The summed E-state index contributed by atoms with van der Waals surface area (Å²) in [6.45, 7) is 4.25. The minimum atomic E-state index is -1.44. The molecule has 27 heavy (non-hydrogen) atoms. The van der Waals surface area contributed by atoms with Gasteiger partial charge < -0.3 is 41.8 Å². The van der Waals surface area contributed by atoms with Gasteiger partial charge >= 0.3 is 12.0 Å². The van der Waals surface area contributed by atoms with E-state index in [1.807, 2.05) is 0 Å². The van der Waals surface area contributed by atoms with Crippen molar-refractivity contribution in [3.8, 4) is 0 Å². The summed E-state index contributed by atoms with van der Waals surface area (Å²) < 4.78 is 5.14. The first-order valence-electron chi connectivity index (χ1n) is 7.99. The molecule has 9 N–H and O–H groups in total. The molecule has 13 nitrogen and oxygen atoms in total. The Morgan fingerprint density at radius 3 is 2.15 bits per heavy atom. The second-order valence-corrected chi connectivity index (χ2v) is 5.50. The lowest BCUT2D eigenvalue weighted by molar-refractivity contribution is -0.141. The van der Waals surface area contributed by atoms with E-state index in [0.717, 1.165) is 0 Å². The van der Waals surface area contributed by atoms with Gasteiger partial charge in [0.15, 0.2) is 6.04 Å². The first kappa shape index (κ1) is 24.2. The van der Waals surface area contributed by atoms with Crippen LogP contribution in [0.5, 0.6) is 0 Å². The summed E-state index contributed by atoms with van der Waals surface area (Å²) >= 11 is 0. The fourth-order valence-corrected chi connectivity index (χ4v) is 1.42. The molecule has 0 aromatic carbocycles. The number of carboxylic acid groups (broad SMARTS) is 1. The minimum Gasteiger partial charge on any atom is -0.480 e. The van der Waals surface area contributed by atoms with Crippen molar-refractivity contribution in [2.24, 2.45) is 11.5 Å². The Balaban J connectivity index is 0.00000119. The first-order chi connectivity index (χ1) is 12.5. The molecule has 0 spiro atoms. The third-order valence-corrected chi connectivity index (χ3v) is 3.07. The highest BCUT2D eigenvalue weighted by molar-refractivity contribution is 5.82. The lowest BCUT2D eigenvalue weighted by atomic mass is 10.2. The number of nitrogens with one attached hydrogen (secondary N) is 2. The van der Waals surface area contributed by atoms with Gasteiger partial charge in [-0.2, -0.15) is 0 Å². The molecular formula is C14H26N6O7. The van der Waals surface area contributed by atoms with E-state index in [-0.39, 0.29) is 24.2 Å². The molecule has 0 aliphatic heterocycles.